The van der Waals surface area contributed by atoms with E-state index in [2.05, 4.69) is 5.32 Å². The van der Waals surface area contributed by atoms with E-state index in [-0.39, 0.29) is 36.0 Å². The molecule has 2 rings (SSSR count). The second-order valence-corrected chi connectivity index (χ2v) is 4.94. The summed E-state index contributed by atoms with van der Waals surface area (Å²) in [4.78, 5) is 11.8. The minimum atomic E-state index is -0.404. The molecule has 0 aromatic heterocycles. The minimum Gasteiger partial charge on any atom is -0.327 e. The van der Waals surface area contributed by atoms with Crippen LogP contribution in [0.3, 0.4) is 0 Å². The molecular formula is C14H20ClFN2O. The minimum absolute atomic E-state index is 0. The van der Waals surface area contributed by atoms with E-state index in [0.29, 0.717) is 6.42 Å². The number of amides is 1. The highest BCUT2D eigenvalue weighted by Gasteiger charge is 2.24. The number of para-hydroxylation sites is 1. The van der Waals surface area contributed by atoms with Crippen molar-refractivity contribution < 1.29 is 9.18 Å². The van der Waals surface area contributed by atoms with Crippen LogP contribution in [0.25, 0.3) is 0 Å². The van der Waals surface area contributed by atoms with Crippen LogP contribution >= 0.6 is 12.4 Å². The molecule has 106 valence electrons. The quantitative estimate of drug-likeness (QED) is 0.897. The number of hydrogen-bond donors (Lipinski definition) is 2. The van der Waals surface area contributed by atoms with E-state index < -0.39 is 5.82 Å². The summed E-state index contributed by atoms with van der Waals surface area (Å²) in [6, 6.07) is 6.30. The summed E-state index contributed by atoms with van der Waals surface area (Å²) in [6.45, 7) is 0. The first-order valence-corrected chi connectivity index (χ1v) is 6.47. The molecule has 0 radical (unpaired) electrons. The lowest BCUT2D eigenvalue weighted by atomic mass is 9.83. The fourth-order valence-electron chi connectivity index (χ4n) is 2.49. The fourth-order valence-corrected chi connectivity index (χ4v) is 2.49. The van der Waals surface area contributed by atoms with Gasteiger partial charge in [-0.1, -0.05) is 25.0 Å². The highest BCUT2D eigenvalue weighted by Crippen LogP contribution is 2.26. The molecule has 0 bridgehead atoms. The van der Waals surface area contributed by atoms with Crippen molar-refractivity contribution in [1.82, 2.24) is 0 Å². The summed E-state index contributed by atoms with van der Waals surface area (Å²) >= 11 is 0. The summed E-state index contributed by atoms with van der Waals surface area (Å²) in [5, 5.41) is 2.61. The third kappa shape index (κ3) is 4.48. The standard InChI is InChI=1S/C14H19FN2O.ClH/c15-11-6-2-4-8-13(11)17-14(18)9-10-5-1-3-7-12(10)16;/h2,4,6,8,10,12H,1,3,5,7,9,16H2,(H,17,18);1H. The number of nitrogens with one attached hydrogen (secondary N) is 1. The van der Waals surface area contributed by atoms with Gasteiger partial charge in [-0.2, -0.15) is 0 Å². The van der Waals surface area contributed by atoms with E-state index in [1.807, 2.05) is 0 Å². The van der Waals surface area contributed by atoms with Crippen LogP contribution in [0.4, 0.5) is 10.1 Å². The lowest BCUT2D eigenvalue weighted by Crippen LogP contribution is -2.35. The van der Waals surface area contributed by atoms with E-state index in [9.17, 15) is 9.18 Å². The Labute approximate surface area is 119 Å². The van der Waals surface area contributed by atoms with E-state index in [1.165, 1.54) is 6.07 Å². The summed E-state index contributed by atoms with van der Waals surface area (Å²) < 4.78 is 13.4. The molecule has 0 heterocycles. The Bertz CT molecular complexity index is 428. The monoisotopic (exact) mass is 286 g/mol. The summed E-state index contributed by atoms with van der Waals surface area (Å²) in [6.07, 6.45) is 4.64. The van der Waals surface area contributed by atoms with Crippen LogP contribution in [0.15, 0.2) is 24.3 Å². The zero-order chi connectivity index (χ0) is 13.0. The molecule has 1 saturated carbocycles. The van der Waals surface area contributed by atoms with Crippen LogP contribution in [0.2, 0.25) is 0 Å². The van der Waals surface area contributed by atoms with Gasteiger partial charge in [-0.3, -0.25) is 4.79 Å². The van der Waals surface area contributed by atoms with Crippen molar-refractivity contribution >= 4 is 24.0 Å². The number of carbonyl (C=O) groups is 1. The maximum atomic E-state index is 13.4. The maximum Gasteiger partial charge on any atom is 0.224 e. The van der Waals surface area contributed by atoms with Gasteiger partial charge in [0.25, 0.3) is 0 Å². The highest BCUT2D eigenvalue weighted by atomic mass is 35.5. The van der Waals surface area contributed by atoms with Crippen LogP contribution < -0.4 is 11.1 Å². The molecule has 1 aromatic rings. The van der Waals surface area contributed by atoms with Gasteiger partial charge in [0.1, 0.15) is 5.82 Å². The molecule has 1 aliphatic rings. The topological polar surface area (TPSA) is 55.1 Å². The van der Waals surface area contributed by atoms with Crippen molar-refractivity contribution in [2.24, 2.45) is 11.7 Å². The first-order chi connectivity index (χ1) is 8.66. The Kier molecular flexibility index (Phi) is 6.25. The lowest BCUT2D eigenvalue weighted by Gasteiger charge is -2.27. The van der Waals surface area contributed by atoms with Gasteiger partial charge in [0.05, 0.1) is 5.69 Å². The van der Waals surface area contributed by atoms with E-state index >= 15 is 0 Å². The fraction of sp³-hybridized carbons (Fsp3) is 0.500. The number of benzene rings is 1. The van der Waals surface area contributed by atoms with Crippen molar-refractivity contribution in [3.05, 3.63) is 30.1 Å². The van der Waals surface area contributed by atoms with Crippen LogP contribution in [0.5, 0.6) is 0 Å². The predicted molar refractivity (Wildman–Crippen MR) is 76.8 cm³/mol. The van der Waals surface area contributed by atoms with Crippen LogP contribution in [-0.4, -0.2) is 11.9 Å². The van der Waals surface area contributed by atoms with Gasteiger partial charge in [0.15, 0.2) is 0 Å². The Hall–Kier alpha value is -1.13. The molecule has 3 nitrogen and oxygen atoms in total. The van der Waals surface area contributed by atoms with Gasteiger partial charge in [0.2, 0.25) is 5.91 Å². The van der Waals surface area contributed by atoms with Gasteiger partial charge in [-0.05, 0) is 30.9 Å². The van der Waals surface area contributed by atoms with E-state index in [1.54, 1.807) is 18.2 Å². The molecular weight excluding hydrogens is 267 g/mol. The van der Waals surface area contributed by atoms with Crippen molar-refractivity contribution in [1.29, 1.82) is 0 Å². The molecule has 3 N–H and O–H groups in total. The largest absolute Gasteiger partial charge is 0.327 e. The van der Waals surface area contributed by atoms with E-state index in [4.69, 9.17) is 5.73 Å². The molecule has 2 unspecified atom stereocenters. The number of nitrogens with two attached hydrogens (primary N) is 1. The van der Waals surface area contributed by atoms with Gasteiger partial charge in [0, 0.05) is 12.5 Å². The van der Waals surface area contributed by atoms with Gasteiger partial charge >= 0.3 is 0 Å². The third-order valence-corrected chi connectivity index (χ3v) is 3.56. The zero-order valence-electron chi connectivity index (χ0n) is 10.8. The molecule has 5 heteroatoms. The number of rotatable bonds is 3. The number of anilines is 1. The summed E-state index contributed by atoms with van der Waals surface area (Å²) in [5.41, 5.74) is 6.24. The first-order valence-electron chi connectivity index (χ1n) is 6.47. The van der Waals surface area contributed by atoms with Crippen molar-refractivity contribution in [3.63, 3.8) is 0 Å². The Morgan fingerprint density at radius 3 is 2.68 bits per heavy atom. The molecule has 2 atom stereocenters. The molecule has 1 amide bonds. The van der Waals surface area contributed by atoms with Gasteiger partial charge < -0.3 is 11.1 Å². The Morgan fingerprint density at radius 1 is 1.32 bits per heavy atom. The first kappa shape index (κ1) is 15.9. The second kappa shape index (κ2) is 7.46. The molecule has 1 aliphatic carbocycles. The van der Waals surface area contributed by atoms with Crippen LogP contribution in [-0.2, 0) is 4.79 Å². The zero-order valence-corrected chi connectivity index (χ0v) is 11.6. The normalized spacial score (nSPS) is 22.4. The second-order valence-electron chi connectivity index (χ2n) is 4.94. The van der Waals surface area contributed by atoms with Gasteiger partial charge in [-0.25, -0.2) is 4.39 Å². The molecule has 0 aliphatic heterocycles. The molecule has 1 fully saturated rings. The van der Waals surface area contributed by atoms with Crippen LogP contribution in [0.1, 0.15) is 32.1 Å². The Balaban J connectivity index is 0.00000180. The molecule has 1 aromatic carbocycles. The molecule has 19 heavy (non-hydrogen) atoms. The number of halogens is 2. The average Bonchev–Trinajstić information content (AvgIpc) is 2.35. The summed E-state index contributed by atoms with van der Waals surface area (Å²) in [7, 11) is 0. The highest BCUT2D eigenvalue weighted by molar-refractivity contribution is 5.91. The Morgan fingerprint density at radius 2 is 2.00 bits per heavy atom. The van der Waals surface area contributed by atoms with Crippen molar-refractivity contribution in [3.8, 4) is 0 Å². The van der Waals surface area contributed by atoms with E-state index in [0.717, 1.165) is 25.7 Å². The smallest absolute Gasteiger partial charge is 0.224 e. The SMILES string of the molecule is Cl.NC1CCCCC1CC(=O)Nc1ccccc1F. The van der Waals surface area contributed by atoms with Crippen molar-refractivity contribution in [2.45, 2.75) is 38.1 Å². The number of carbonyl (C=O) groups excluding carboxylic acids is 1. The molecule has 0 saturated heterocycles. The van der Waals surface area contributed by atoms with Crippen LogP contribution in [0, 0.1) is 11.7 Å². The maximum absolute atomic E-state index is 13.4. The van der Waals surface area contributed by atoms with Gasteiger partial charge in [-0.15, -0.1) is 12.4 Å². The average molecular weight is 287 g/mol. The van der Waals surface area contributed by atoms with Crippen molar-refractivity contribution in [2.75, 3.05) is 5.32 Å². The lowest BCUT2D eigenvalue weighted by molar-refractivity contribution is -0.117. The molecule has 0 spiro atoms. The predicted octanol–water partition coefficient (Wildman–Crippen LogP) is 3.09. The number of hydrogen-bond acceptors (Lipinski definition) is 2. The third-order valence-electron chi connectivity index (χ3n) is 3.56. The summed E-state index contributed by atoms with van der Waals surface area (Å²) in [5.74, 6) is -0.327.